The van der Waals surface area contributed by atoms with Gasteiger partial charge in [-0.2, -0.15) is 0 Å². The van der Waals surface area contributed by atoms with Gasteiger partial charge < -0.3 is 4.74 Å². The fourth-order valence-electron chi connectivity index (χ4n) is 0.637. The van der Waals surface area contributed by atoms with Crippen molar-refractivity contribution >= 4 is 19.8 Å². The molecule has 2 radical (unpaired) electrons. The van der Waals surface area contributed by atoms with Gasteiger partial charge in [0.15, 0.2) is 0 Å². The van der Waals surface area contributed by atoms with Crippen LogP contribution < -0.4 is 4.74 Å². The second-order valence-electron chi connectivity index (χ2n) is 1.77. The minimum absolute atomic E-state index is 0.881. The molecule has 1 rings (SSSR count). The summed E-state index contributed by atoms with van der Waals surface area (Å²) < 4.78 is 4.98. The first kappa shape index (κ1) is 7.90. The molecule has 3 heteroatoms. The van der Waals surface area contributed by atoms with Gasteiger partial charge in [-0.1, -0.05) is 11.4 Å². The molecule has 0 atom stereocenters. The Labute approximate surface area is 67.1 Å². The highest BCUT2D eigenvalue weighted by Gasteiger charge is 1.90. The van der Waals surface area contributed by atoms with Gasteiger partial charge in [-0.25, -0.2) is 0 Å². The molecule has 52 valence electrons. The van der Waals surface area contributed by atoms with E-state index >= 15 is 0 Å². The number of ether oxygens (including phenoxy) is 1. The highest BCUT2D eigenvalue weighted by atomic mass is 32.7. The monoisotopic (exact) mass is 170 g/mol. The Morgan fingerprint density at radius 2 is 1.90 bits per heavy atom. The Kier molecular flexibility index (Phi) is 3.04. The van der Waals surface area contributed by atoms with Crippen LogP contribution in [0.1, 0.15) is 0 Å². The highest BCUT2D eigenvalue weighted by Crippen LogP contribution is 2.25. The van der Waals surface area contributed by atoms with E-state index in [1.807, 2.05) is 24.3 Å². The minimum Gasteiger partial charge on any atom is -0.497 e. The van der Waals surface area contributed by atoms with Crippen molar-refractivity contribution in [1.82, 2.24) is 0 Å². The molecule has 0 heterocycles. The molecule has 0 aliphatic carbocycles. The van der Waals surface area contributed by atoms with Gasteiger partial charge in [0.05, 0.1) is 7.11 Å². The van der Waals surface area contributed by atoms with E-state index in [2.05, 4.69) is 8.44 Å². The Morgan fingerprint density at radius 1 is 1.30 bits per heavy atom. The summed E-state index contributed by atoms with van der Waals surface area (Å²) in [6, 6.07) is 7.77. The molecule has 0 aliphatic rings. The summed E-state index contributed by atoms with van der Waals surface area (Å²) in [5.41, 5.74) is 0. The molecule has 0 aliphatic heterocycles. The van der Waals surface area contributed by atoms with Gasteiger partial charge in [0.25, 0.3) is 0 Å². The van der Waals surface area contributed by atoms with Crippen molar-refractivity contribution in [2.24, 2.45) is 0 Å². The van der Waals surface area contributed by atoms with Crippen molar-refractivity contribution in [2.45, 2.75) is 4.90 Å². The van der Waals surface area contributed by atoms with Crippen molar-refractivity contribution in [3.8, 4) is 5.75 Å². The molecule has 0 amide bonds. The lowest BCUT2D eigenvalue weighted by Gasteiger charge is -1.98. The van der Waals surface area contributed by atoms with Gasteiger partial charge in [-0.05, 0) is 24.3 Å². The van der Waals surface area contributed by atoms with Crippen molar-refractivity contribution in [3.05, 3.63) is 24.3 Å². The van der Waals surface area contributed by atoms with E-state index in [1.54, 1.807) is 7.11 Å². The molecule has 0 spiro atoms. The Bertz CT molecular complexity index is 174. The summed E-state index contributed by atoms with van der Waals surface area (Å²) in [7, 11) is 5.71. The standard InChI is InChI=1S/C7H7OPS/c1-8-6-2-4-7(10-9)5-3-6/h2-5H,1H3. The number of hydrogen-bond donors (Lipinski definition) is 0. The van der Waals surface area contributed by atoms with E-state index in [0.29, 0.717) is 0 Å². The van der Waals surface area contributed by atoms with Gasteiger partial charge in [0.1, 0.15) is 5.75 Å². The third kappa shape index (κ3) is 1.89. The molecule has 0 saturated carbocycles. The van der Waals surface area contributed by atoms with Gasteiger partial charge in [0.2, 0.25) is 0 Å². The third-order valence-corrected chi connectivity index (χ3v) is 2.28. The molecule has 0 saturated heterocycles. The zero-order chi connectivity index (χ0) is 7.40. The molecule has 0 aromatic heterocycles. The summed E-state index contributed by atoms with van der Waals surface area (Å²) in [5.74, 6) is 0.881. The SMILES string of the molecule is COc1ccc(S[P])cc1. The fraction of sp³-hybridized carbons (Fsp3) is 0.143. The molecule has 1 nitrogen and oxygen atoms in total. The highest BCUT2D eigenvalue weighted by molar-refractivity contribution is 8.43. The largest absolute Gasteiger partial charge is 0.497 e. The third-order valence-electron chi connectivity index (χ3n) is 1.16. The molecule has 0 unspecified atom stereocenters. The number of rotatable bonds is 2. The number of methoxy groups -OCH3 is 1. The zero-order valence-corrected chi connectivity index (χ0v) is 7.28. The van der Waals surface area contributed by atoms with Crippen LogP contribution in [0.2, 0.25) is 0 Å². The predicted molar refractivity (Wildman–Crippen MR) is 45.8 cm³/mol. The molecule has 1 aromatic rings. The van der Waals surface area contributed by atoms with Crippen LogP contribution in [0, 0.1) is 0 Å². The van der Waals surface area contributed by atoms with E-state index in [9.17, 15) is 0 Å². The van der Waals surface area contributed by atoms with Crippen LogP contribution in [0.15, 0.2) is 29.2 Å². The Hall–Kier alpha value is -0.200. The lowest BCUT2D eigenvalue weighted by molar-refractivity contribution is 0.414. The lowest BCUT2D eigenvalue weighted by atomic mass is 10.3. The molecule has 1 aromatic carbocycles. The first-order chi connectivity index (χ1) is 4.86. The second-order valence-corrected chi connectivity index (χ2v) is 2.97. The summed E-state index contributed by atoms with van der Waals surface area (Å²) >= 11 is 1.43. The maximum absolute atomic E-state index is 4.98. The van der Waals surface area contributed by atoms with E-state index in [-0.39, 0.29) is 0 Å². The molecular formula is C7H7OPS. The van der Waals surface area contributed by atoms with Gasteiger partial charge >= 0.3 is 0 Å². The van der Waals surface area contributed by atoms with Crippen molar-refractivity contribution in [3.63, 3.8) is 0 Å². The summed E-state index contributed by atoms with van der Waals surface area (Å²) in [6.45, 7) is 0. The second kappa shape index (κ2) is 3.85. The molecule has 0 bridgehead atoms. The van der Waals surface area contributed by atoms with Crippen LogP contribution >= 0.6 is 19.8 Å². The van der Waals surface area contributed by atoms with Crippen LogP contribution in [0.3, 0.4) is 0 Å². The Balaban J connectivity index is 2.80. The van der Waals surface area contributed by atoms with Crippen molar-refractivity contribution in [1.29, 1.82) is 0 Å². The van der Waals surface area contributed by atoms with Crippen LogP contribution in [-0.2, 0) is 0 Å². The maximum atomic E-state index is 4.98. The van der Waals surface area contributed by atoms with Gasteiger partial charge in [0, 0.05) is 13.3 Å². The fourth-order valence-corrected chi connectivity index (χ4v) is 1.26. The van der Waals surface area contributed by atoms with Crippen LogP contribution in [0.4, 0.5) is 0 Å². The molecule has 0 fully saturated rings. The molecular weight excluding hydrogens is 163 g/mol. The Morgan fingerprint density at radius 3 is 2.30 bits per heavy atom. The summed E-state index contributed by atoms with van der Waals surface area (Å²) in [5, 5.41) is 0. The van der Waals surface area contributed by atoms with Gasteiger partial charge in [-0.3, -0.25) is 0 Å². The van der Waals surface area contributed by atoms with Crippen LogP contribution in [0.25, 0.3) is 0 Å². The van der Waals surface area contributed by atoms with E-state index in [4.69, 9.17) is 4.74 Å². The van der Waals surface area contributed by atoms with E-state index in [0.717, 1.165) is 10.6 Å². The average molecular weight is 170 g/mol. The number of hydrogen-bond acceptors (Lipinski definition) is 2. The summed E-state index contributed by atoms with van der Waals surface area (Å²) in [4.78, 5) is 1.13. The van der Waals surface area contributed by atoms with E-state index in [1.165, 1.54) is 11.4 Å². The first-order valence-corrected chi connectivity index (χ1v) is 4.69. The van der Waals surface area contributed by atoms with Crippen LogP contribution in [-0.4, -0.2) is 7.11 Å². The summed E-state index contributed by atoms with van der Waals surface area (Å²) in [6.07, 6.45) is 0. The minimum atomic E-state index is 0.881. The molecule has 10 heavy (non-hydrogen) atoms. The quantitative estimate of drug-likeness (QED) is 0.630. The molecule has 0 N–H and O–H groups in total. The van der Waals surface area contributed by atoms with Crippen molar-refractivity contribution in [2.75, 3.05) is 7.11 Å². The zero-order valence-electron chi connectivity index (χ0n) is 5.57. The van der Waals surface area contributed by atoms with Crippen LogP contribution in [0.5, 0.6) is 5.75 Å². The van der Waals surface area contributed by atoms with Crippen molar-refractivity contribution < 1.29 is 4.74 Å². The predicted octanol–water partition coefficient (Wildman–Crippen LogP) is 3.11. The lowest BCUT2D eigenvalue weighted by Crippen LogP contribution is -1.79. The average Bonchev–Trinajstić information content (AvgIpc) is 2.05. The van der Waals surface area contributed by atoms with Gasteiger partial charge in [-0.15, -0.1) is 0 Å². The topological polar surface area (TPSA) is 9.23 Å². The normalized spacial score (nSPS) is 9.40. The van der Waals surface area contributed by atoms with E-state index < -0.39 is 0 Å². The smallest absolute Gasteiger partial charge is 0.118 e. The maximum Gasteiger partial charge on any atom is 0.118 e. The first-order valence-electron chi connectivity index (χ1n) is 2.82. The number of benzene rings is 1.